The summed E-state index contributed by atoms with van der Waals surface area (Å²) < 4.78 is 2.08. The Morgan fingerprint density at radius 3 is 3.11 bits per heavy atom. The van der Waals surface area contributed by atoms with Gasteiger partial charge in [0.1, 0.15) is 0 Å². The molecule has 3 nitrogen and oxygen atoms in total. The van der Waals surface area contributed by atoms with Crippen LogP contribution in [-0.4, -0.2) is 16.9 Å². The van der Waals surface area contributed by atoms with Gasteiger partial charge in [-0.3, -0.25) is 0 Å². The summed E-state index contributed by atoms with van der Waals surface area (Å²) in [5.74, 6) is 1.86. The molecule has 0 aliphatic heterocycles. The van der Waals surface area contributed by atoms with E-state index in [9.17, 15) is 0 Å². The van der Waals surface area contributed by atoms with Crippen molar-refractivity contribution in [2.75, 3.05) is 0 Å². The molecule has 1 aromatic heterocycles. The third-order valence-electron chi connectivity index (χ3n) is 0.873. The highest BCUT2D eigenvalue weighted by Gasteiger charge is 1.91. The van der Waals surface area contributed by atoms with E-state index >= 15 is 0 Å². The van der Waals surface area contributed by atoms with Gasteiger partial charge in [0.05, 0.1) is 0 Å². The highest BCUT2D eigenvalue weighted by Crippen LogP contribution is 1.84. The lowest BCUT2D eigenvalue weighted by molar-refractivity contribution is 1.16. The van der Waals surface area contributed by atoms with Crippen LogP contribution in [0.3, 0.4) is 0 Å². The smallest absolute Gasteiger partial charge is 0.357 e. The molecule has 0 unspecified atom stereocenters. The highest BCUT2D eigenvalue weighted by atomic mass is 32.1. The van der Waals surface area contributed by atoms with Gasteiger partial charge in [0.15, 0.2) is 4.77 Å². The monoisotopic (exact) mass is 136 g/mol. The fourth-order valence-corrected chi connectivity index (χ4v) is 0.677. The van der Waals surface area contributed by atoms with Gasteiger partial charge >= 0.3 is 7.41 Å². The highest BCUT2D eigenvalue weighted by molar-refractivity contribution is 7.71. The molecule has 0 bridgehead atoms. The predicted octanol–water partition coefficient (Wildman–Crippen LogP) is 0.494. The SMILES string of the molecule is N#C[B]n1cc[nH]c1=S. The Balaban J connectivity index is 2.98. The van der Waals surface area contributed by atoms with Gasteiger partial charge in [0.25, 0.3) is 0 Å². The Morgan fingerprint density at radius 1 is 1.89 bits per heavy atom. The average Bonchev–Trinajstić information content (AvgIpc) is 2.18. The molecule has 1 aromatic rings. The van der Waals surface area contributed by atoms with Crippen LogP contribution in [0.5, 0.6) is 0 Å². The zero-order valence-corrected chi connectivity index (χ0v) is 5.35. The van der Waals surface area contributed by atoms with Crippen LogP contribution in [0, 0.1) is 16.0 Å². The summed E-state index contributed by atoms with van der Waals surface area (Å²) in [4.78, 5) is 2.75. The van der Waals surface area contributed by atoms with E-state index in [2.05, 4.69) is 4.98 Å². The van der Waals surface area contributed by atoms with Crippen LogP contribution in [-0.2, 0) is 0 Å². The quantitative estimate of drug-likeness (QED) is 0.451. The average molecular weight is 136 g/mol. The Labute approximate surface area is 58.2 Å². The molecule has 0 saturated heterocycles. The fourth-order valence-electron chi connectivity index (χ4n) is 0.495. The maximum Gasteiger partial charge on any atom is 0.393 e. The molecule has 0 atom stereocenters. The minimum Gasteiger partial charge on any atom is -0.357 e. The van der Waals surface area contributed by atoms with Crippen molar-refractivity contribution in [3.63, 3.8) is 0 Å². The van der Waals surface area contributed by atoms with Crippen molar-refractivity contribution in [1.29, 1.82) is 5.26 Å². The fraction of sp³-hybridized carbons (Fsp3) is 0. The van der Waals surface area contributed by atoms with Crippen molar-refractivity contribution in [3.8, 4) is 5.97 Å². The number of nitrogens with zero attached hydrogens (tertiary/aromatic N) is 2. The number of aromatic nitrogens is 2. The van der Waals surface area contributed by atoms with Crippen molar-refractivity contribution >= 4 is 19.6 Å². The van der Waals surface area contributed by atoms with E-state index < -0.39 is 0 Å². The summed E-state index contributed by atoms with van der Waals surface area (Å²) in [6.45, 7) is 0. The summed E-state index contributed by atoms with van der Waals surface area (Å²) in [7, 11) is 1.33. The number of nitriles is 1. The van der Waals surface area contributed by atoms with Gasteiger partial charge in [0, 0.05) is 18.4 Å². The van der Waals surface area contributed by atoms with Crippen LogP contribution in [0.25, 0.3) is 0 Å². The van der Waals surface area contributed by atoms with Crippen molar-refractivity contribution in [1.82, 2.24) is 9.46 Å². The van der Waals surface area contributed by atoms with Gasteiger partial charge < -0.3 is 9.46 Å². The maximum absolute atomic E-state index is 8.18. The van der Waals surface area contributed by atoms with Crippen molar-refractivity contribution in [2.24, 2.45) is 0 Å². The number of aromatic amines is 1. The van der Waals surface area contributed by atoms with Crippen molar-refractivity contribution < 1.29 is 0 Å². The van der Waals surface area contributed by atoms with Gasteiger partial charge in [-0.05, 0) is 12.2 Å². The molecule has 0 spiro atoms. The first-order chi connectivity index (χ1) is 4.34. The topological polar surface area (TPSA) is 44.5 Å². The van der Waals surface area contributed by atoms with Gasteiger partial charge in [-0.15, -0.1) is 0 Å². The Morgan fingerprint density at radius 2 is 2.67 bits per heavy atom. The van der Waals surface area contributed by atoms with Crippen molar-refractivity contribution in [3.05, 3.63) is 17.2 Å². The third kappa shape index (κ3) is 1.21. The molecule has 1 radical (unpaired) electrons. The van der Waals surface area contributed by atoms with Crippen LogP contribution >= 0.6 is 12.2 Å². The standard InChI is InChI=1S/C4H3BN3S/c6-3-5-8-2-1-7-4(8)9/h1-2H,(H,7,9). The van der Waals surface area contributed by atoms with Gasteiger partial charge in [-0.25, -0.2) is 5.26 Å². The zero-order chi connectivity index (χ0) is 6.69. The number of rotatable bonds is 1. The molecule has 1 rings (SSSR count). The lowest BCUT2D eigenvalue weighted by Gasteiger charge is -1.85. The summed E-state index contributed by atoms with van der Waals surface area (Å²) in [5, 5.41) is 8.18. The summed E-state index contributed by atoms with van der Waals surface area (Å²) in [6, 6.07) is 0. The predicted molar refractivity (Wildman–Crippen MR) is 36.4 cm³/mol. The maximum atomic E-state index is 8.18. The molecule has 9 heavy (non-hydrogen) atoms. The summed E-state index contributed by atoms with van der Waals surface area (Å²) in [6.07, 6.45) is 3.36. The Bertz CT molecular complexity index is 280. The first kappa shape index (κ1) is 6.11. The lowest BCUT2D eigenvalue weighted by Crippen LogP contribution is -2.00. The van der Waals surface area contributed by atoms with E-state index in [-0.39, 0.29) is 0 Å². The summed E-state index contributed by atoms with van der Waals surface area (Å²) >= 11 is 4.78. The molecule has 0 amide bonds. The second-order valence-electron chi connectivity index (χ2n) is 1.43. The van der Waals surface area contributed by atoms with Crippen LogP contribution in [0.2, 0.25) is 0 Å². The molecule has 43 valence electrons. The normalized spacial score (nSPS) is 8.33. The van der Waals surface area contributed by atoms with Crippen LogP contribution in [0.15, 0.2) is 12.4 Å². The number of H-pyrrole nitrogens is 1. The van der Waals surface area contributed by atoms with E-state index in [1.54, 1.807) is 12.4 Å². The van der Waals surface area contributed by atoms with Gasteiger partial charge in [0.2, 0.25) is 0 Å². The molecule has 5 heteroatoms. The molecular formula is C4H3BN3S. The largest absolute Gasteiger partial charge is 0.393 e. The van der Waals surface area contributed by atoms with Crippen LogP contribution in [0.4, 0.5) is 0 Å². The van der Waals surface area contributed by atoms with Gasteiger partial charge in [-0.1, -0.05) is 0 Å². The minimum atomic E-state index is 0.538. The minimum absolute atomic E-state index is 0.538. The zero-order valence-electron chi connectivity index (χ0n) is 4.53. The second-order valence-corrected chi connectivity index (χ2v) is 1.82. The van der Waals surface area contributed by atoms with E-state index in [1.807, 2.05) is 5.97 Å². The van der Waals surface area contributed by atoms with E-state index in [1.165, 1.54) is 11.9 Å². The molecule has 0 fully saturated rings. The molecule has 0 aliphatic carbocycles. The van der Waals surface area contributed by atoms with Crippen LogP contribution in [0.1, 0.15) is 0 Å². The lowest BCUT2D eigenvalue weighted by atomic mass is 9.99. The first-order valence-electron chi connectivity index (χ1n) is 2.33. The first-order valence-corrected chi connectivity index (χ1v) is 2.74. The van der Waals surface area contributed by atoms with E-state index in [0.29, 0.717) is 4.77 Å². The van der Waals surface area contributed by atoms with Crippen molar-refractivity contribution in [2.45, 2.75) is 0 Å². The molecule has 0 saturated carbocycles. The Hall–Kier alpha value is -1.02. The molecule has 0 aromatic carbocycles. The van der Waals surface area contributed by atoms with Gasteiger partial charge in [-0.2, -0.15) is 0 Å². The molecule has 0 aliphatic rings. The molecule has 1 heterocycles. The second kappa shape index (κ2) is 2.51. The number of imidazole rings is 1. The molecular weight excluding hydrogens is 133 g/mol. The van der Waals surface area contributed by atoms with E-state index in [0.717, 1.165) is 0 Å². The van der Waals surface area contributed by atoms with Crippen LogP contribution < -0.4 is 0 Å². The number of nitrogens with one attached hydrogen (secondary N) is 1. The van der Waals surface area contributed by atoms with E-state index in [4.69, 9.17) is 17.5 Å². The third-order valence-corrected chi connectivity index (χ3v) is 1.20. The summed E-state index contributed by atoms with van der Waals surface area (Å²) in [5.41, 5.74) is 0. The number of hydrogen-bond donors (Lipinski definition) is 1. The molecule has 1 N–H and O–H groups in total. The Kier molecular flexibility index (Phi) is 1.70. The number of hydrogen-bond acceptors (Lipinski definition) is 2.